The van der Waals surface area contributed by atoms with Gasteiger partial charge >= 0.3 is 0 Å². The summed E-state index contributed by atoms with van der Waals surface area (Å²) in [4.78, 5) is 39.2. The van der Waals surface area contributed by atoms with E-state index in [0.29, 0.717) is 47.2 Å². The van der Waals surface area contributed by atoms with Gasteiger partial charge in [0.2, 0.25) is 0 Å². The zero-order valence-corrected chi connectivity index (χ0v) is 21.8. The first kappa shape index (κ1) is 26.6. The van der Waals surface area contributed by atoms with Gasteiger partial charge in [-0.3, -0.25) is 14.4 Å². The molecule has 9 nitrogen and oxygen atoms in total. The lowest BCUT2D eigenvalue weighted by atomic mass is 10.1. The summed E-state index contributed by atoms with van der Waals surface area (Å²) in [5, 5.41) is 5.56. The lowest BCUT2D eigenvalue weighted by molar-refractivity contribution is -0.120. The van der Waals surface area contributed by atoms with Crippen molar-refractivity contribution in [1.82, 2.24) is 5.32 Å². The zero-order chi connectivity index (χ0) is 27.2. The highest BCUT2D eigenvalue weighted by Crippen LogP contribution is 2.31. The van der Waals surface area contributed by atoms with Crippen LogP contribution in [0.4, 0.5) is 11.4 Å². The molecule has 38 heavy (non-hydrogen) atoms. The van der Waals surface area contributed by atoms with E-state index in [4.69, 9.17) is 25.8 Å². The average molecular weight is 536 g/mol. The Bertz CT molecular complexity index is 1390. The number of imide groups is 1. The second-order valence-corrected chi connectivity index (χ2v) is 8.61. The summed E-state index contributed by atoms with van der Waals surface area (Å²) in [5.74, 6) is 0.409. The van der Waals surface area contributed by atoms with E-state index in [1.165, 1.54) is 7.11 Å². The molecule has 4 rings (SSSR count). The Morgan fingerprint density at radius 2 is 1.53 bits per heavy atom. The summed E-state index contributed by atoms with van der Waals surface area (Å²) in [6.07, 6.45) is 0.610. The van der Waals surface area contributed by atoms with Gasteiger partial charge in [-0.1, -0.05) is 17.7 Å². The molecule has 0 saturated heterocycles. The number of carbonyl (C=O) groups excluding carboxylic acids is 3. The number of rotatable bonds is 10. The van der Waals surface area contributed by atoms with Crippen LogP contribution in [0.15, 0.2) is 77.5 Å². The second-order valence-electron chi connectivity index (χ2n) is 8.23. The van der Waals surface area contributed by atoms with E-state index < -0.39 is 11.8 Å². The van der Waals surface area contributed by atoms with E-state index in [2.05, 4.69) is 10.6 Å². The molecule has 196 valence electrons. The molecule has 0 atom stereocenters. The molecule has 3 aromatic carbocycles. The molecule has 1 heterocycles. The minimum atomic E-state index is -0.630. The average Bonchev–Trinajstić information content (AvgIpc) is 3.16. The van der Waals surface area contributed by atoms with Crippen molar-refractivity contribution in [2.24, 2.45) is 0 Å². The van der Waals surface area contributed by atoms with Gasteiger partial charge in [0.1, 0.15) is 16.5 Å². The molecule has 0 radical (unpaired) electrons. The molecule has 1 aliphatic heterocycles. The van der Waals surface area contributed by atoms with Crippen LogP contribution in [0.3, 0.4) is 0 Å². The van der Waals surface area contributed by atoms with E-state index in [0.717, 1.165) is 10.5 Å². The molecule has 0 spiro atoms. The third-order valence-corrected chi connectivity index (χ3v) is 6.27. The predicted molar refractivity (Wildman–Crippen MR) is 144 cm³/mol. The Labute approximate surface area is 224 Å². The van der Waals surface area contributed by atoms with E-state index in [1.54, 1.807) is 62.8 Å². The zero-order valence-electron chi connectivity index (χ0n) is 21.0. The topological polar surface area (TPSA) is 106 Å². The first-order valence-corrected chi connectivity index (χ1v) is 12.0. The molecule has 1 aliphatic rings. The van der Waals surface area contributed by atoms with Crippen molar-refractivity contribution in [3.63, 3.8) is 0 Å². The Morgan fingerprint density at radius 3 is 2.16 bits per heavy atom. The number of carbonyl (C=O) groups is 3. The maximum Gasteiger partial charge on any atom is 0.283 e. The fraction of sp³-hybridized carbons (Fsp3) is 0.179. The highest BCUT2D eigenvalue weighted by molar-refractivity contribution is 6.53. The number of anilines is 2. The molecule has 3 aromatic rings. The summed E-state index contributed by atoms with van der Waals surface area (Å²) >= 11 is 6.20. The highest BCUT2D eigenvalue weighted by atomic mass is 35.5. The Morgan fingerprint density at radius 1 is 0.842 bits per heavy atom. The Balaban J connectivity index is 1.35. The van der Waals surface area contributed by atoms with E-state index in [9.17, 15) is 14.4 Å². The normalized spacial score (nSPS) is 13.0. The van der Waals surface area contributed by atoms with Crippen LogP contribution in [0.5, 0.6) is 17.2 Å². The minimum absolute atomic E-state index is 0.0420. The number of ether oxygens (including phenoxy) is 3. The molecular weight excluding hydrogens is 510 g/mol. The summed E-state index contributed by atoms with van der Waals surface area (Å²) < 4.78 is 15.7. The van der Waals surface area contributed by atoms with Gasteiger partial charge < -0.3 is 24.8 Å². The first-order valence-electron chi connectivity index (χ1n) is 11.6. The van der Waals surface area contributed by atoms with Crippen molar-refractivity contribution in [3.8, 4) is 17.2 Å². The quantitative estimate of drug-likeness (QED) is 0.376. The van der Waals surface area contributed by atoms with Crippen molar-refractivity contribution in [2.45, 2.75) is 6.42 Å². The molecule has 0 unspecified atom stereocenters. The number of nitrogens with zero attached hydrogens (tertiary/aromatic N) is 1. The van der Waals surface area contributed by atoms with Gasteiger partial charge in [-0.25, -0.2) is 4.90 Å². The molecule has 0 aromatic heterocycles. The number of hydrogen-bond donors (Lipinski definition) is 2. The molecule has 0 bridgehead atoms. The lowest BCUT2D eigenvalue weighted by Crippen LogP contribution is -2.32. The predicted octanol–water partition coefficient (Wildman–Crippen LogP) is 4.12. The SMILES string of the molecule is COc1ccc(N2C(=O)C(Cl)=C(Nc3ccc(C(=O)NCCc4ccc(OC)c(OC)c4)cc3)C2=O)cc1. The van der Waals surface area contributed by atoms with Gasteiger partial charge in [-0.2, -0.15) is 0 Å². The number of halogens is 1. The van der Waals surface area contributed by atoms with E-state index in [-0.39, 0.29) is 16.6 Å². The highest BCUT2D eigenvalue weighted by Gasteiger charge is 2.39. The minimum Gasteiger partial charge on any atom is -0.497 e. The maximum atomic E-state index is 13.0. The molecular formula is C28H26ClN3O6. The van der Waals surface area contributed by atoms with Gasteiger partial charge in [-0.05, 0) is 72.6 Å². The van der Waals surface area contributed by atoms with E-state index >= 15 is 0 Å². The van der Waals surface area contributed by atoms with Gasteiger partial charge in [-0.15, -0.1) is 0 Å². The number of hydrogen-bond acceptors (Lipinski definition) is 7. The van der Waals surface area contributed by atoms with Crippen molar-refractivity contribution in [1.29, 1.82) is 0 Å². The Kier molecular flexibility index (Phi) is 8.18. The van der Waals surface area contributed by atoms with Crippen LogP contribution in [0.1, 0.15) is 15.9 Å². The van der Waals surface area contributed by atoms with Crippen LogP contribution in [-0.2, 0) is 16.0 Å². The molecule has 0 aliphatic carbocycles. The third-order valence-electron chi connectivity index (χ3n) is 5.92. The van der Waals surface area contributed by atoms with Crippen LogP contribution in [0, 0.1) is 0 Å². The molecule has 10 heteroatoms. The molecule has 2 N–H and O–H groups in total. The fourth-order valence-electron chi connectivity index (χ4n) is 3.88. The summed E-state index contributed by atoms with van der Waals surface area (Å²) in [6, 6.07) is 18.6. The molecule has 3 amide bonds. The lowest BCUT2D eigenvalue weighted by Gasteiger charge is -2.15. The van der Waals surface area contributed by atoms with Gasteiger partial charge in [0.15, 0.2) is 11.5 Å². The van der Waals surface area contributed by atoms with Gasteiger partial charge in [0.25, 0.3) is 17.7 Å². The number of methoxy groups -OCH3 is 3. The van der Waals surface area contributed by atoms with E-state index in [1.807, 2.05) is 18.2 Å². The number of amides is 3. The van der Waals surface area contributed by atoms with Crippen LogP contribution in [0.2, 0.25) is 0 Å². The van der Waals surface area contributed by atoms with Crippen molar-refractivity contribution >= 4 is 40.7 Å². The summed E-state index contributed by atoms with van der Waals surface area (Å²) in [6.45, 7) is 0.425. The number of benzene rings is 3. The third kappa shape index (κ3) is 5.57. The Hall–Kier alpha value is -4.50. The number of nitrogens with one attached hydrogen (secondary N) is 2. The maximum absolute atomic E-state index is 13.0. The summed E-state index contributed by atoms with van der Waals surface area (Å²) in [5.41, 5.74) is 2.26. The second kappa shape index (κ2) is 11.7. The first-order chi connectivity index (χ1) is 18.4. The van der Waals surface area contributed by atoms with Crippen LogP contribution >= 0.6 is 11.6 Å². The van der Waals surface area contributed by atoms with Crippen molar-refractivity contribution in [2.75, 3.05) is 38.1 Å². The standard InChI is InChI=1S/C28H26ClN3O6/c1-36-21-11-9-20(10-12-21)32-27(34)24(29)25(28(32)35)31-19-7-5-18(6-8-19)26(33)30-15-14-17-4-13-22(37-2)23(16-17)38-3/h4-13,16,31H,14-15H2,1-3H3,(H,30,33). The smallest absolute Gasteiger partial charge is 0.283 e. The fourth-order valence-corrected chi connectivity index (χ4v) is 4.10. The molecule has 0 fully saturated rings. The monoisotopic (exact) mass is 535 g/mol. The summed E-state index contributed by atoms with van der Waals surface area (Å²) in [7, 11) is 4.67. The molecule has 0 saturated carbocycles. The van der Waals surface area contributed by atoms with Crippen LogP contribution < -0.4 is 29.7 Å². The largest absolute Gasteiger partial charge is 0.497 e. The van der Waals surface area contributed by atoms with Crippen LogP contribution in [0.25, 0.3) is 0 Å². The van der Waals surface area contributed by atoms with Gasteiger partial charge in [0.05, 0.1) is 27.0 Å². The van der Waals surface area contributed by atoms with Gasteiger partial charge in [0, 0.05) is 17.8 Å². The van der Waals surface area contributed by atoms with Crippen molar-refractivity contribution < 1.29 is 28.6 Å². The van der Waals surface area contributed by atoms with Crippen molar-refractivity contribution in [3.05, 3.63) is 88.6 Å². The van der Waals surface area contributed by atoms with Crippen LogP contribution in [-0.4, -0.2) is 45.6 Å².